The number of amides is 1. The van der Waals surface area contributed by atoms with Crippen molar-refractivity contribution in [3.63, 3.8) is 0 Å². The van der Waals surface area contributed by atoms with E-state index in [1.54, 1.807) is 54.6 Å². The number of sulfonamides is 1. The number of rotatable bonds is 8. The van der Waals surface area contributed by atoms with Gasteiger partial charge in [0.05, 0.1) is 10.6 Å². The summed E-state index contributed by atoms with van der Waals surface area (Å²) in [4.78, 5) is 12.4. The van der Waals surface area contributed by atoms with E-state index >= 15 is 0 Å². The molecule has 0 spiro atoms. The molecule has 4 rings (SSSR count). The first-order valence-corrected chi connectivity index (χ1v) is 12.9. The highest BCUT2D eigenvalue weighted by atomic mass is 35.5. The fourth-order valence-corrected chi connectivity index (χ4v) is 4.70. The molecule has 0 radical (unpaired) electrons. The highest BCUT2D eigenvalue weighted by Gasteiger charge is 2.15. The van der Waals surface area contributed by atoms with Crippen molar-refractivity contribution >= 4 is 50.7 Å². The first-order chi connectivity index (χ1) is 16.3. The maximum atomic E-state index is 12.4. The monoisotopic (exact) mass is 514 g/mol. The van der Waals surface area contributed by atoms with E-state index in [9.17, 15) is 13.2 Å². The zero-order valence-electron chi connectivity index (χ0n) is 17.9. The Morgan fingerprint density at radius 2 is 1.71 bits per heavy atom. The van der Waals surface area contributed by atoms with Gasteiger partial charge in [0, 0.05) is 22.0 Å². The topological polar surface area (TPSA) is 114 Å². The predicted octanol–water partition coefficient (Wildman–Crippen LogP) is 5.23. The second-order valence-corrected chi connectivity index (χ2v) is 10.2. The average molecular weight is 515 g/mol. The summed E-state index contributed by atoms with van der Waals surface area (Å²) in [6.45, 7) is 1.88. The summed E-state index contributed by atoms with van der Waals surface area (Å²) in [5.74, 6) is 0.0956. The number of hydrogen-bond donors (Lipinski definition) is 2. The molecule has 4 aromatic rings. The minimum atomic E-state index is -3.68. The van der Waals surface area contributed by atoms with Crippen LogP contribution < -0.4 is 10.0 Å². The van der Waals surface area contributed by atoms with Crippen molar-refractivity contribution in [1.29, 1.82) is 0 Å². The fraction of sp³-hybridized carbons (Fsp3) is 0.0870. The lowest BCUT2D eigenvalue weighted by molar-refractivity contribution is -0.113. The van der Waals surface area contributed by atoms with Gasteiger partial charge in [0.15, 0.2) is 0 Å². The van der Waals surface area contributed by atoms with Crippen LogP contribution in [0.25, 0.3) is 11.5 Å². The molecule has 0 aliphatic carbocycles. The van der Waals surface area contributed by atoms with Gasteiger partial charge in [0.1, 0.15) is 0 Å². The molecular formula is C23H19ClN4O4S2. The lowest BCUT2D eigenvalue weighted by Crippen LogP contribution is -2.14. The molecule has 0 saturated carbocycles. The maximum Gasteiger partial charge on any atom is 0.277 e. The van der Waals surface area contributed by atoms with Gasteiger partial charge in [-0.25, -0.2) is 8.42 Å². The van der Waals surface area contributed by atoms with Crippen LogP contribution in [-0.4, -0.2) is 30.3 Å². The van der Waals surface area contributed by atoms with Crippen molar-refractivity contribution in [3.8, 4) is 11.5 Å². The second-order valence-electron chi connectivity index (χ2n) is 7.17. The van der Waals surface area contributed by atoms with Crippen LogP contribution in [-0.2, 0) is 14.8 Å². The molecule has 34 heavy (non-hydrogen) atoms. The number of benzene rings is 3. The second kappa shape index (κ2) is 10.3. The normalized spacial score (nSPS) is 11.2. The SMILES string of the molecule is Cc1ccc(NC(=O)CSc2nnc(-c3ccc(NS(=O)(=O)c4ccccc4)cc3)o2)cc1Cl. The zero-order valence-corrected chi connectivity index (χ0v) is 20.2. The van der Waals surface area contributed by atoms with Gasteiger partial charge in [0.2, 0.25) is 11.8 Å². The molecule has 11 heteroatoms. The van der Waals surface area contributed by atoms with E-state index in [-0.39, 0.29) is 27.7 Å². The molecule has 3 aromatic carbocycles. The summed E-state index contributed by atoms with van der Waals surface area (Å²) >= 11 is 7.18. The van der Waals surface area contributed by atoms with Crippen molar-refractivity contribution in [2.75, 3.05) is 15.8 Å². The molecular weight excluding hydrogens is 496 g/mol. The highest BCUT2D eigenvalue weighted by Crippen LogP contribution is 2.26. The molecule has 0 aliphatic heterocycles. The van der Waals surface area contributed by atoms with E-state index in [1.165, 1.54) is 12.1 Å². The highest BCUT2D eigenvalue weighted by molar-refractivity contribution is 7.99. The van der Waals surface area contributed by atoms with E-state index in [4.69, 9.17) is 16.0 Å². The van der Waals surface area contributed by atoms with Crippen molar-refractivity contribution in [2.45, 2.75) is 17.0 Å². The number of nitrogens with zero attached hydrogens (tertiary/aromatic N) is 2. The molecule has 0 bridgehead atoms. The molecule has 8 nitrogen and oxygen atoms in total. The quantitative estimate of drug-likeness (QED) is 0.309. The summed E-state index contributed by atoms with van der Waals surface area (Å²) in [6, 6.07) is 19.9. The van der Waals surface area contributed by atoms with Crippen molar-refractivity contribution in [1.82, 2.24) is 10.2 Å². The molecule has 2 N–H and O–H groups in total. The Kier molecular flexibility index (Phi) is 7.20. The third kappa shape index (κ3) is 5.96. The number of aryl methyl sites for hydroxylation is 1. The average Bonchev–Trinajstić information content (AvgIpc) is 3.30. The summed E-state index contributed by atoms with van der Waals surface area (Å²) in [6.07, 6.45) is 0. The molecule has 1 heterocycles. The van der Waals surface area contributed by atoms with Gasteiger partial charge in [-0.2, -0.15) is 0 Å². The predicted molar refractivity (Wildman–Crippen MR) is 133 cm³/mol. The van der Waals surface area contributed by atoms with Crippen molar-refractivity contribution in [2.24, 2.45) is 0 Å². The van der Waals surface area contributed by atoms with Crippen LogP contribution in [0.2, 0.25) is 5.02 Å². The molecule has 1 amide bonds. The zero-order chi connectivity index (χ0) is 24.1. The van der Waals surface area contributed by atoms with Crippen LogP contribution in [0.15, 0.2) is 87.3 Å². The number of thioether (sulfide) groups is 1. The smallest absolute Gasteiger partial charge is 0.277 e. The number of carbonyl (C=O) groups is 1. The van der Waals surface area contributed by atoms with Gasteiger partial charge in [-0.3, -0.25) is 9.52 Å². The van der Waals surface area contributed by atoms with Gasteiger partial charge in [-0.15, -0.1) is 10.2 Å². The lowest BCUT2D eigenvalue weighted by Gasteiger charge is -2.08. The maximum absolute atomic E-state index is 12.4. The summed E-state index contributed by atoms with van der Waals surface area (Å²) in [5.41, 5.74) is 2.54. The largest absolute Gasteiger partial charge is 0.411 e. The van der Waals surface area contributed by atoms with E-state index in [0.29, 0.717) is 22.0 Å². The van der Waals surface area contributed by atoms with E-state index in [1.807, 2.05) is 13.0 Å². The van der Waals surface area contributed by atoms with Crippen LogP contribution in [0.3, 0.4) is 0 Å². The lowest BCUT2D eigenvalue weighted by atomic mass is 10.2. The number of hydrogen-bond acceptors (Lipinski definition) is 7. The van der Waals surface area contributed by atoms with Crippen LogP contribution >= 0.6 is 23.4 Å². The number of carbonyl (C=O) groups excluding carboxylic acids is 1. The molecule has 0 aliphatic rings. The van der Waals surface area contributed by atoms with Crippen molar-refractivity contribution in [3.05, 3.63) is 83.4 Å². The Morgan fingerprint density at radius 3 is 2.41 bits per heavy atom. The first kappa shape index (κ1) is 23.8. The van der Waals surface area contributed by atoms with E-state index in [2.05, 4.69) is 20.2 Å². The Morgan fingerprint density at radius 1 is 1.00 bits per heavy atom. The molecule has 0 fully saturated rings. The minimum absolute atomic E-state index is 0.0767. The fourth-order valence-electron chi connectivity index (χ4n) is 2.87. The van der Waals surface area contributed by atoms with Crippen LogP contribution in [0.4, 0.5) is 11.4 Å². The van der Waals surface area contributed by atoms with Gasteiger partial charge in [0.25, 0.3) is 15.2 Å². The Labute approximate surface area is 205 Å². The van der Waals surface area contributed by atoms with Gasteiger partial charge in [-0.05, 0) is 61.0 Å². The Bertz CT molecular complexity index is 1410. The molecule has 1 aromatic heterocycles. The third-order valence-corrected chi connectivity index (χ3v) is 7.25. The van der Waals surface area contributed by atoms with Gasteiger partial charge < -0.3 is 9.73 Å². The molecule has 174 valence electrons. The van der Waals surface area contributed by atoms with Gasteiger partial charge >= 0.3 is 0 Å². The molecule has 0 unspecified atom stereocenters. The number of aromatic nitrogens is 2. The van der Waals surface area contributed by atoms with Crippen LogP contribution in [0, 0.1) is 6.92 Å². The molecule has 0 atom stereocenters. The van der Waals surface area contributed by atoms with Crippen LogP contribution in [0.1, 0.15) is 5.56 Å². The standard InChI is InChI=1S/C23H19ClN4O4S2/c1-15-7-10-18(13-20(15)24)25-21(29)14-33-23-27-26-22(32-23)16-8-11-17(12-9-16)28-34(30,31)19-5-3-2-4-6-19/h2-13,28H,14H2,1H3,(H,25,29). The van der Waals surface area contributed by atoms with Crippen molar-refractivity contribution < 1.29 is 17.6 Å². The summed E-state index contributed by atoms with van der Waals surface area (Å²) in [5, 5.41) is 11.5. The van der Waals surface area contributed by atoms with E-state index in [0.717, 1.165) is 17.3 Å². The number of halogens is 1. The minimum Gasteiger partial charge on any atom is -0.411 e. The summed E-state index contributed by atoms with van der Waals surface area (Å²) in [7, 11) is -3.68. The third-order valence-electron chi connectivity index (χ3n) is 4.63. The number of nitrogens with one attached hydrogen (secondary N) is 2. The number of anilines is 2. The summed E-state index contributed by atoms with van der Waals surface area (Å²) < 4.78 is 33.0. The molecule has 0 saturated heterocycles. The van der Waals surface area contributed by atoms with Gasteiger partial charge in [-0.1, -0.05) is 47.6 Å². The first-order valence-electron chi connectivity index (χ1n) is 10.0. The Hall–Kier alpha value is -3.34. The van der Waals surface area contributed by atoms with Crippen LogP contribution in [0.5, 0.6) is 0 Å². The van der Waals surface area contributed by atoms with E-state index < -0.39 is 10.0 Å². The Balaban J connectivity index is 1.34.